The number of amides is 1. The van der Waals surface area contributed by atoms with Gasteiger partial charge < -0.3 is 15.7 Å². The number of aliphatic hydroxyl groups excluding tert-OH is 1. The summed E-state index contributed by atoms with van der Waals surface area (Å²) in [4.78, 5) is 23.2. The third-order valence-corrected chi connectivity index (χ3v) is 3.14. The molecule has 0 aromatic heterocycles. The Morgan fingerprint density at radius 3 is 2.48 bits per heavy atom. The number of Topliss-reactive ketones (excluding diaryl/α,β-unsaturated/α-hetero) is 1. The van der Waals surface area contributed by atoms with Crippen LogP contribution in [0.5, 0.6) is 0 Å². The van der Waals surface area contributed by atoms with E-state index in [0.29, 0.717) is 17.8 Å². The van der Waals surface area contributed by atoms with Crippen molar-refractivity contribution in [2.24, 2.45) is 0 Å². The zero-order valence-corrected chi connectivity index (χ0v) is 13.1. The molecule has 0 bridgehead atoms. The van der Waals surface area contributed by atoms with Crippen molar-refractivity contribution in [1.29, 1.82) is 5.26 Å². The van der Waals surface area contributed by atoms with E-state index in [9.17, 15) is 9.59 Å². The van der Waals surface area contributed by atoms with E-state index in [1.807, 2.05) is 6.07 Å². The van der Waals surface area contributed by atoms with E-state index in [1.54, 1.807) is 24.3 Å². The lowest BCUT2D eigenvalue weighted by Crippen LogP contribution is -2.17. The van der Waals surface area contributed by atoms with E-state index in [2.05, 4.69) is 10.6 Å². The number of nitrogens with zero attached hydrogens (tertiary/aromatic N) is 1. The second kappa shape index (κ2) is 10.1. The molecule has 0 unspecified atom stereocenters. The van der Waals surface area contributed by atoms with Crippen LogP contribution in [0.4, 0.5) is 5.69 Å². The molecule has 23 heavy (non-hydrogen) atoms. The number of nitrogens with one attached hydrogen (secondary N) is 2. The summed E-state index contributed by atoms with van der Waals surface area (Å²) in [6.45, 7) is 2.27. The molecular formula is C17H21N3O3. The highest BCUT2D eigenvalue weighted by Crippen LogP contribution is 2.11. The number of benzene rings is 1. The van der Waals surface area contributed by atoms with E-state index in [0.717, 1.165) is 19.3 Å². The summed E-state index contributed by atoms with van der Waals surface area (Å²) in [6, 6.07) is 8.32. The zero-order chi connectivity index (χ0) is 17.1. The lowest BCUT2D eigenvalue weighted by Gasteiger charge is -2.06. The van der Waals surface area contributed by atoms with Gasteiger partial charge in [-0.15, -0.1) is 0 Å². The Bertz CT molecular complexity index is 601. The number of anilines is 1. The Morgan fingerprint density at radius 1 is 1.22 bits per heavy atom. The molecule has 122 valence electrons. The average molecular weight is 315 g/mol. The highest BCUT2D eigenvalue weighted by atomic mass is 16.2. The summed E-state index contributed by atoms with van der Waals surface area (Å²) >= 11 is 0. The van der Waals surface area contributed by atoms with Crippen molar-refractivity contribution in [3.63, 3.8) is 0 Å². The van der Waals surface area contributed by atoms with Gasteiger partial charge in [-0.25, -0.2) is 0 Å². The maximum Gasteiger partial charge on any atom is 0.267 e. The van der Waals surface area contributed by atoms with E-state index in [4.69, 9.17) is 10.4 Å². The number of rotatable bonds is 9. The van der Waals surface area contributed by atoms with E-state index in [-0.39, 0.29) is 18.0 Å². The van der Waals surface area contributed by atoms with Crippen molar-refractivity contribution in [2.75, 3.05) is 18.5 Å². The van der Waals surface area contributed by atoms with Gasteiger partial charge >= 0.3 is 0 Å². The first-order valence-electron chi connectivity index (χ1n) is 7.45. The fraction of sp³-hybridized carbons (Fsp3) is 0.353. The minimum absolute atomic E-state index is 0.0252. The predicted octanol–water partition coefficient (Wildman–Crippen LogP) is 1.99. The molecule has 1 aromatic rings. The predicted molar refractivity (Wildman–Crippen MR) is 87.7 cm³/mol. The zero-order valence-electron chi connectivity index (χ0n) is 13.1. The van der Waals surface area contributed by atoms with Crippen molar-refractivity contribution in [3.8, 4) is 6.07 Å². The Morgan fingerprint density at radius 2 is 1.91 bits per heavy atom. The fourth-order valence-corrected chi connectivity index (χ4v) is 1.83. The molecule has 0 saturated heterocycles. The lowest BCUT2D eigenvalue weighted by molar-refractivity contribution is -0.112. The minimum Gasteiger partial charge on any atom is -0.396 e. The molecule has 0 aliphatic rings. The summed E-state index contributed by atoms with van der Waals surface area (Å²) in [7, 11) is 0. The first-order valence-corrected chi connectivity index (χ1v) is 7.45. The minimum atomic E-state index is -0.508. The molecule has 0 saturated carbocycles. The first kappa shape index (κ1) is 18.4. The molecule has 0 atom stereocenters. The second-order valence-corrected chi connectivity index (χ2v) is 5.00. The smallest absolute Gasteiger partial charge is 0.267 e. The third kappa shape index (κ3) is 6.76. The highest BCUT2D eigenvalue weighted by Gasteiger charge is 2.09. The van der Waals surface area contributed by atoms with Crippen LogP contribution in [0.3, 0.4) is 0 Å². The molecule has 3 N–H and O–H groups in total. The van der Waals surface area contributed by atoms with Crippen molar-refractivity contribution in [3.05, 3.63) is 41.6 Å². The molecule has 0 heterocycles. The van der Waals surface area contributed by atoms with Crippen molar-refractivity contribution in [2.45, 2.75) is 26.2 Å². The molecule has 0 aliphatic carbocycles. The van der Waals surface area contributed by atoms with E-state index >= 15 is 0 Å². The normalized spacial score (nSPS) is 10.7. The van der Waals surface area contributed by atoms with Gasteiger partial charge in [-0.05, 0) is 50.5 Å². The number of aliphatic hydroxyl groups is 1. The van der Waals surface area contributed by atoms with Crippen LogP contribution in [0.15, 0.2) is 36.0 Å². The Kier molecular flexibility index (Phi) is 8.11. The molecule has 1 amide bonds. The summed E-state index contributed by atoms with van der Waals surface area (Å²) in [6.07, 6.45) is 3.86. The van der Waals surface area contributed by atoms with Gasteiger partial charge in [0.25, 0.3) is 5.91 Å². The number of nitriles is 1. The lowest BCUT2D eigenvalue weighted by atomic mass is 10.1. The van der Waals surface area contributed by atoms with Gasteiger partial charge in [0.15, 0.2) is 5.78 Å². The van der Waals surface area contributed by atoms with Gasteiger partial charge in [0.05, 0.1) is 0 Å². The second-order valence-electron chi connectivity index (χ2n) is 5.00. The van der Waals surface area contributed by atoms with Gasteiger partial charge in [-0.3, -0.25) is 9.59 Å². The van der Waals surface area contributed by atoms with Gasteiger partial charge in [0.1, 0.15) is 11.6 Å². The number of unbranched alkanes of at least 4 members (excludes halogenated alkanes) is 2. The number of carbonyl (C=O) groups excluding carboxylic acids is 2. The summed E-state index contributed by atoms with van der Waals surface area (Å²) in [5.74, 6) is -0.559. The van der Waals surface area contributed by atoms with Gasteiger partial charge in [0.2, 0.25) is 0 Å². The van der Waals surface area contributed by atoms with Gasteiger partial charge in [-0.1, -0.05) is 0 Å². The van der Waals surface area contributed by atoms with Gasteiger partial charge in [0, 0.05) is 30.6 Å². The van der Waals surface area contributed by atoms with Crippen LogP contribution >= 0.6 is 0 Å². The summed E-state index contributed by atoms with van der Waals surface area (Å²) in [5.41, 5.74) is 1.05. The molecule has 0 spiro atoms. The van der Waals surface area contributed by atoms with Crippen molar-refractivity contribution >= 4 is 17.4 Å². The monoisotopic (exact) mass is 315 g/mol. The maximum atomic E-state index is 12.0. The molecule has 1 aromatic carbocycles. The van der Waals surface area contributed by atoms with Crippen LogP contribution in [0.2, 0.25) is 0 Å². The molecule has 1 rings (SSSR count). The standard InChI is InChI=1S/C17H21N3O3/c1-13(22)14-5-7-16(8-6-14)20-17(23)15(11-18)12-19-9-3-2-4-10-21/h5-8,12,19,21H,2-4,9-10H2,1H3,(H,20,23)/b15-12-. The molecule has 0 fully saturated rings. The van der Waals surface area contributed by atoms with Crippen molar-refractivity contribution < 1.29 is 14.7 Å². The van der Waals surface area contributed by atoms with Crippen LogP contribution in [0, 0.1) is 11.3 Å². The number of carbonyl (C=O) groups is 2. The highest BCUT2D eigenvalue weighted by molar-refractivity contribution is 6.06. The van der Waals surface area contributed by atoms with Crippen molar-refractivity contribution in [1.82, 2.24) is 5.32 Å². The summed E-state index contributed by atoms with van der Waals surface area (Å²) < 4.78 is 0. The Hall–Kier alpha value is -2.65. The largest absolute Gasteiger partial charge is 0.396 e. The Balaban J connectivity index is 2.53. The van der Waals surface area contributed by atoms with Crippen LogP contribution in [0.1, 0.15) is 36.5 Å². The number of ketones is 1. The molecule has 6 nitrogen and oxygen atoms in total. The van der Waals surface area contributed by atoms with Gasteiger partial charge in [-0.2, -0.15) is 5.26 Å². The molecular weight excluding hydrogens is 294 g/mol. The van der Waals surface area contributed by atoms with E-state index < -0.39 is 5.91 Å². The van der Waals surface area contributed by atoms with Crippen LogP contribution < -0.4 is 10.6 Å². The average Bonchev–Trinajstić information content (AvgIpc) is 2.54. The Labute approximate surface area is 135 Å². The maximum absolute atomic E-state index is 12.0. The SMILES string of the molecule is CC(=O)c1ccc(NC(=O)/C(C#N)=C\NCCCCCO)cc1. The topological polar surface area (TPSA) is 102 Å². The molecule has 6 heteroatoms. The third-order valence-electron chi connectivity index (χ3n) is 3.14. The van der Waals surface area contributed by atoms with Crippen LogP contribution in [0.25, 0.3) is 0 Å². The van der Waals surface area contributed by atoms with Crippen LogP contribution in [-0.2, 0) is 4.79 Å². The molecule has 0 radical (unpaired) electrons. The first-order chi connectivity index (χ1) is 11.1. The summed E-state index contributed by atoms with van der Waals surface area (Å²) in [5, 5.41) is 23.2. The van der Waals surface area contributed by atoms with Crippen LogP contribution in [-0.4, -0.2) is 29.9 Å². The number of hydrogen-bond acceptors (Lipinski definition) is 5. The fourth-order valence-electron chi connectivity index (χ4n) is 1.83. The molecule has 0 aliphatic heterocycles. The number of hydrogen-bond donors (Lipinski definition) is 3. The van der Waals surface area contributed by atoms with E-state index in [1.165, 1.54) is 13.1 Å². The quantitative estimate of drug-likeness (QED) is 0.280.